The van der Waals surface area contributed by atoms with Gasteiger partial charge in [-0.15, -0.1) is 0 Å². The van der Waals surface area contributed by atoms with Crippen LogP contribution in [0.3, 0.4) is 0 Å². The van der Waals surface area contributed by atoms with Crippen LogP contribution in [0.5, 0.6) is 17.2 Å². The van der Waals surface area contributed by atoms with Crippen molar-refractivity contribution < 1.29 is 27.4 Å². The van der Waals surface area contributed by atoms with Gasteiger partial charge in [-0.2, -0.15) is 0 Å². The average Bonchev–Trinajstić information content (AvgIpc) is 2.87. The lowest BCUT2D eigenvalue weighted by Crippen LogP contribution is -2.41. The molecular weight excluding hydrogens is 468 g/mol. The van der Waals surface area contributed by atoms with E-state index in [-0.39, 0.29) is 4.90 Å². The molecule has 0 aliphatic carbocycles. The van der Waals surface area contributed by atoms with Crippen molar-refractivity contribution in [2.24, 2.45) is 0 Å². The van der Waals surface area contributed by atoms with Gasteiger partial charge >= 0.3 is 0 Å². The van der Waals surface area contributed by atoms with Crippen LogP contribution < -0.4 is 23.8 Å². The van der Waals surface area contributed by atoms with Crippen molar-refractivity contribution in [1.29, 1.82) is 0 Å². The van der Waals surface area contributed by atoms with Crippen molar-refractivity contribution in [3.8, 4) is 17.2 Å². The van der Waals surface area contributed by atoms with Crippen LogP contribution in [0.2, 0.25) is 0 Å². The highest BCUT2D eigenvalue weighted by Crippen LogP contribution is 2.33. The largest absolute Gasteiger partial charge is 0.495 e. The first-order valence-electron chi connectivity index (χ1n) is 11.0. The highest BCUT2D eigenvalue weighted by Gasteiger charge is 2.29. The van der Waals surface area contributed by atoms with Crippen molar-refractivity contribution >= 4 is 21.6 Å². The van der Waals surface area contributed by atoms with E-state index < -0.39 is 22.5 Å². The molecule has 0 aromatic heterocycles. The van der Waals surface area contributed by atoms with E-state index in [0.29, 0.717) is 35.9 Å². The Labute approximate surface area is 206 Å². The second-order valence-electron chi connectivity index (χ2n) is 7.79. The molecule has 3 rings (SSSR count). The summed E-state index contributed by atoms with van der Waals surface area (Å²) in [6, 6.07) is 18.7. The first-order chi connectivity index (χ1) is 16.8. The molecule has 0 saturated heterocycles. The van der Waals surface area contributed by atoms with Crippen molar-refractivity contribution in [3.05, 3.63) is 77.9 Å². The van der Waals surface area contributed by atoms with Crippen LogP contribution in [0.15, 0.2) is 71.6 Å². The van der Waals surface area contributed by atoms with E-state index >= 15 is 0 Å². The molecule has 0 radical (unpaired) electrons. The van der Waals surface area contributed by atoms with E-state index in [1.807, 2.05) is 25.1 Å². The van der Waals surface area contributed by atoms with E-state index in [1.165, 1.54) is 19.2 Å². The fourth-order valence-corrected chi connectivity index (χ4v) is 5.03. The van der Waals surface area contributed by atoms with E-state index in [9.17, 15) is 13.2 Å². The highest BCUT2D eigenvalue weighted by atomic mass is 32.2. The molecule has 186 valence electrons. The van der Waals surface area contributed by atoms with Gasteiger partial charge in [0.15, 0.2) is 11.5 Å². The third kappa shape index (κ3) is 6.24. The monoisotopic (exact) mass is 498 g/mol. The van der Waals surface area contributed by atoms with Gasteiger partial charge in [-0.3, -0.25) is 9.10 Å². The Bertz CT molecular complexity index is 1260. The molecule has 0 atom stereocenters. The summed E-state index contributed by atoms with van der Waals surface area (Å²) in [5, 5.41) is 2.82. The van der Waals surface area contributed by atoms with Gasteiger partial charge < -0.3 is 19.5 Å². The molecular formula is C26H30N2O6S. The third-order valence-corrected chi connectivity index (χ3v) is 7.18. The summed E-state index contributed by atoms with van der Waals surface area (Å²) in [4.78, 5) is 13.0. The van der Waals surface area contributed by atoms with Gasteiger partial charge in [0.05, 0.1) is 31.9 Å². The number of nitrogens with one attached hydrogen (secondary N) is 1. The van der Waals surface area contributed by atoms with Crippen LogP contribution in [-0.4, -0.2) is 48.7 Å². The summed E-state index contributed by atoms with van der Waals surface area (Å²) < 4.78 is 44.1. The van der Waals surface area contributed by atoms with Gasteiger partial charge in [-0.25, -0.2) is 8.42 Å². The molecule has 0 aliphatic heterocycles. The number of benzene rings is 3. The molecule has 1 N–H and O–H groups in total. The molecule has 0 spiro atoms. The zero-order valence-electron chi connectivity index (χ0n) is 20.3. The zero-order chi connectivity index (χ0) is 25.4. The first kappa shape index (κ1) is 25.9. The number of ether oxygens (including phenoxy) is 3. The van der Waals surface area contributed by atoms with Crippen LogP contribution in [0.4, 0.5) is 5.69 Å². The number of amides is 1. The van der Waals surface area contributed by atoms with Crippen LogP contribution >= 0.6 is 0 Å². The summed E-state index contributed by atoms with van der Waals surface area (Å²) in [6.45, 7) is 1.76. The van der Waals surface area contributed by atoms with E-state index in [1.54, 1.807) is 50.6 Å². The molecule has 0 aliphatic rings. The summed E-state index contributed by atoms with van der Waals surface area (Å²) in [5.74, 6) is 1.14. The Morgan fingerprint density at radius 3 is 2.17 bits per heavy atom. The highest BCUT2D eigenvalue weighted by molar-refractivity contribution is 7.92. The number of hydrogen-bond donors (Lipinski definition) is 1. The van der Waals surface area contributed by atoms with Crippen LogP contribution in [0.1, 0.15) is 11.1 Å². The van der Waals surface area contributed by atoms with Gasteiger partial charge in [0.1, 0.15) is 12.3 Å². The number of nitrogens with zero attached hydrogens (tertiary/aromatic N) is 1. The van der Waals surface area contributed by atoms with Crippen LogP contribution in [0, 0.1) is 6.92 Å². The van der Waals surface area contributed by atoms with E-state index in [2.05, 4.69) is 5.32 Å². The molecule has 3 aromatic carbocycles. The molecule has 8 nitrogen and oxygen atoms in total. The molecule has 1 amide bonds. The second kappa shape index (κ2) is 11.6. The normalized spacial score (nSPS) is 11.0. The number of methoxy groups -OCH3 is 3. The Morgan fingerprint density at radius 2 is 1.51 bits per heavy atom. The summed E-state index contributed by atoms with van der Waals surface area (Å²) in [7, 11) is 0.559. The zero-order valence-corrected chi connectivity index (χ0v) is 21.1. The predicted octanol–water partition coefficient (Wildman–Crippen LogP) is 3.58. The van der Waals surface area contributed by atoms with Gasteiger partial charge in [0.25, 0.3) is 10.0 Å². The SMILES string of the molecule is COc1ccc(CCNC(=O)CN(c2cc(C)ccc2OC)S(=O)(=O)c2ccccc2)cc1OC. The predicted molar refractivity (Wildman–Crippen MR) is 135 cm³/mol. The maximum Gasteiger partial charge on any atom is 0.264 e. The maximum atomic E-state index is 13.5. The van der Waals surface area contributed by atoms with Crippen molar-refractivity contribution in [2.75, 3.05) is 38.7 Å². The fraction of sp³-hybridized carbons (Fsp3) is 0.269. The molecule has 0 heterocycles. The summed E-state index contributed by atoms with van der Waals surface area (Å²) in [5.41, 5.74) is 2.08. The average molecular weight is 499 g/mol. The molecule has 3 aromatic rings. The quantitative estimate of drug-likeness (QED) is 0.434. The van der Waals surface area contributed by atoms with E-state index in [4.69, 9.17) is 14.2 Å². The number of carbonyl (C=O) groups excluding carboxylic acids is 1. The van der Waals surface area contributed by atoms with Gasteiger partial charge in [-0.05, 0) is 60.9 Å². The van der Waals surface area contributed by atoms with Crippen LogP contribution in [-0.2, 0) is 21.2 Å². The van der Waals surface area contributed by atoms with Crippen molar-refractivity contribution in [2.45, 2.75) is 18.2 Å². The number of hydrogen-bond acceptors (Lipinski definition) is 6. The lowest BCUT2D eigenvalue weighted by molar-refractivity contribution is -0.119. The fourth-order valence-electron chi connectivity index (χ4n) is 3.58. The Morgan fingerprint density at radius 1 is 0.857 bits per heavy atom. The summed E-state index contributed by atoms with van der Waals surface area (Å²) >= 11 is 0. The molecule has 0 fully saturated rings. The molecule has 0 saturated carbocycles. The third-order valence-electron chi connectivity index (χ3n) is 5.41. The minimum atomic E-state index is -4.03. The Kier molecular flexibility index (Phi) is 8.59. The number of anilines is 1. The maximum absolute atomic E-state index is 13.5. The van der Waals surface area contributed by atoms with Crippen LogP contribution in [0.25, 0.3) is 0 Å². The van der Waals surface area contributed by atoms with Gasteiger partial charge in [0.2, 0.25) is 5.91 Å². The van der Waals surface area contributed by atoms with Crippen molar-refractivity contribution in [3.63, 3.8) is 0 Å². The lowest BCUT2D eigenvalue weighted by atomic mass is 10.1. The molecule has 0 unspecified atom stereocenters. The minimum Gasteiger partial charge on any atom is -0.495 e. The topological polar surface area (TPSA) is 94.2 Å². The Balaban J connectivity index is 1.81. The number of carbonyl (C=O) groups is 1. The minimum absolute atomic E-state index is 0.0849. The van der Waals surface area contributed by atoms with Gasteiger partial charge in [-0.1, -0.05) is 30.3 Å². The lowest BCUT2D eigenvalue weighted by Gasteiger charge is -2.26. The van der Waals surface area contributed by atoms with Crippen molar-refractivity contribution in [1.82, 2.24) is 5.32 Å². The molecule has 35 heavy (non-hydrogen) atoms. The molecule has 0 bridgehead atoms. The second-order valence-corrected chi connectivity index (χ2v) is 9.65. The number of sulfonamides is 1. The standard InChI is InChI=1S/C26H30N2O6S/c1-19-10-12-23(32-2)22(16-19)28(35(30,31)21-8-6-5-7-9-21)18-26(29)27-15-14-20-11-13-24(33-3)25(17-20)34-4/h5-13,16-17H,14-15,18H2,1-4H3,(H,27,29). The number of rotatable bonds is 11. The first-order valence-corrected chi connectivity index (χ1v) is 12.4. The molecule has 9 heteroatoms. The van der Waals surface area contributed by atoms with Gasteiger partial charge in [0, 0.05) is 6.54 Å². The van der Waals surface area contributed by atoms with E-state index in [0.717, 1.165) is 15.4 Å². The number of aryl methyl sites for hydroxylation is 1. The smallest absolute Gasteiger partial charge is 0.264 e. The Hall–Kier alpha value is -3.72. The summed E-state index contributed by atoms with van der Waals surface area (Å²) in [6.07, 6.45) is 0.533.